The molecule has 1 aliphatic rings. The van der Waals surface area contributed by atoms with Gasteiger partial charge in [0.25, 0.3) is 0 Å². The Kier molecular flexibility index (Phi) is 7.56. The average Bonchev–Trinajstić information content (AvgIpc) is 2.38. The van der Waals surface area contributed by atoms with Crippen LogP contribution in [0.2, 0.25) is 0 Å². The maximum atomic E-state index is 9.25. The molecule has 0 bridgehead atoms. The van der Waals surface area contributed by atoms with E-state index in [-0.39, 0.29) is 18.0 Å². The molecule has 5 heteroatoms. The quantitative estimate of drug-likeness (QED) is 0.720. The maximum absolute atomic E-state index is 9.25. The average molecular weight is 276 g/mol. The molecule has 0 aromatic rings. The lowest BCUT2D eigenvalue weighted by Crippen LogP contribution is -2.51. The zero-order valence-corrected chi connectivity index (χ0v) is 12.9. The van der Waals surface area contributed by atoms with E-state index in [0.717, 1.165) is 26.2 Å². The van der Waals surface area contributed by atoms with E-state index >= 15 is 0 Å². The number of nitrogens with zero attached hydrogens (tertiary/aromatic N) is 1. The third-order valence-corrected chi connectivity index (χ3v) is 4.77. The van der Waals surface area contributed by atoms with Crippen LogP contribution >= 0.6 is 11.8 Å². The largest absolute Gasteiger partial charge is 0.395 e. The van der Waals surface area contributed by atoms with Crippen molar-refractivity contribution in [3.05, 3.63) is 0 Å². The van der Waals surface area contributed by atoms with Crippen molar-refractivity contribution >= 4 is 11.8 Å². The van der Waals surface area contributed by atoms with Gasteiger partial charge in [0, 0.05) is 37.0 Å². The first kappa shape index (κ1) is 16.2. The number of morpholine rings is 1. The summed E-state index contributed by atoms with van der Waals surface area (Å²) in [7, 11) is 0. The van der Waals surface area contributed by atoms with Gasteiger partial charge in [-0.05, 0) is 27.0 Å². The topological polar surface area (TPSA) is 44.7 Å². The van der Waals surface area contributed by atoms with Crippen LogP contribution in [0.5, 0.6) is 0 Å². The van der Waals surface area contributed by atoms with Crippen LogP contribution in [0.15, 0.2) is 0 Å². The highest BCUT2D eigenvalue weighted by molar-refractivity contribution is 7.99. The van der Waals surface area contributed by atoms with Crippen LogP contribution in [-0.2, 0) is 4.74 Å². The van der Waals surface area contributed by atoms with Crippen LogP contribution < -0.4 is 5.32 Å². The Bertz CT molecular complexity index is 225. The molecule has 1 saturated heterocycles. The van der Waals surface area contributed by atoms with Gasteiger partial charge >= 0.3 is 0 Å². The molecule has 1 aliphatic heterocycles. The first-order valence-electron chi connectivity index (χ1n) is 6.81. The van der Waals surface area contributed by atoms with E-state index in [0.29, 0.717) is 12.1 Å². The van der Waals surface area contributed by atoms with E-state index in [4.69, 9.17) is 4.74 Å². The molecule has 108 valence electrons. The van der Waals surface area contributed by atoms with Crippen molar-refractivity contribution in [2.24, 2.45) is 0 Å². The number of aliphatic hydroxyl groups excluding tert-OH is 1. The third-order valence-electron chi connectivity index (χ3n) is 3.61. The van der Waals surface area contributed by atoms with E-state index in [1.165, 1.54) is 0 Å². The molecule has 4 nitrogen and oxygen atoms in total. The van der Waals surface area contributed by atoms with Crippen LogP contribution in [0.25, 0.3) is 0 Å². The molecule has 0 spiro atoms. The second-order valence-corrected chi connectivity index (χ2v) is 6.31. The minimum atomic E-state index is 0.221. The maximum Gasteiger partial charge on any atom is 0.0826 e. The number of hydrogen-bond donors (Lipinski definition) is 2. The normalized spacial score (nSPS) is 25.3. The molecule has 0 aromatic heterocycles. The highest BCUT2D eigenvalue weighted by atomic mass is 32.2. The first-order valence-corrected chi connectivity index (χ1v) is 8.10. The van der Waals surface area contributed by atoms with Gasteiger partial charge in [-0.25, -0.2) is 0 Å². The van der Waals surface area contributed by atoms with Gasteiger partial charge in [-0.1, -0.05) is 0 Å². The van der Waals surface area contributed by atoms with Gasteiger partial charge in [0.1, 0.15) is 0 Å². The van der Waals surface area contributed by atoms with Crippen molar-refractivity contribution in [3.8, 4) is 0 Å². The monoisotopic (exact) mass is 276 g/mol. The lowest BCUT2D eigenvalue weighted by Gasteiger charge is -2.36. The summed E-state index contributed by atoms with van der Waals surface area (Å²) in [6.07, 6.45) is 2.31. The lowest BCUT2D eigenvalue weighted by atomic mass is 10.2. The number of thioether (sulfide) groups is 1. The highest BCUT2D eigenvalue weighted by Crippen LogP contribution is 2.12. The number of hydrogen-bond acceptors (Lipinski definition) is 5. The molecule has 3 unspecified atom stereocenters. The zero-order valence-electron chi connectivity index (χ0n) is 12.1. The van der Waals surface area contributed by atoms with Gasteiger partial charge < -0.3 is 15.2 Å². The molecule has 1 fully saturated rings. The highest BCUT2D eigenvalue weighted by Gasteiger charge is 2.23. The second-order valence-electron chi connectivity index (χ2n) is 5.24. The van der Waals surface area contributed by atoms with E-state index in [1.54, 1.807) is 11.8 Å². The van der Waals surface area contributed by atoms with Gasteiger partial charge in [-0.15, -0.1) is 0 Å². The van der Waals surface area contributed by atoms with E-state index in [1.807, 2.05) is 6.26 Å². The third kappa shape index (κ3) is 5.05. The van der Waals surface area contributed by atoms with Crippen LogP contribution in [0.3, 0.4) is 0 Å². The summed E-state index contributed by atoms with van der Waals surface area (Å²) in [5.74, 6) is 0. The first-order chi connectivity index (χ1) is 8.58. The molecule has 0 aliphatic carbocycles. The summed E-state index contributed by atoms with van der Waals surface area (Å²) in [6.45, 7) is 10.5. The van der Waals surface area contributed by atoms with Crippen molar-refractivity contribution in [2.45, 2.75) is 44.2 Å². The summed E-state index contributed by atoms with van der Waals surface area (Å²) in [4.78, 5) is 2.46. The molecule has 1 rings (SSSR count). The fraction of sp³-hybridized carbons (Fsp3) is 1.00. The summed E-state index contributed by atoms with van der Waals surface area (Å²) in [6, 6.07) is 0.897. The lowest BCUT2D eigenvalue weighted by molar-refractivity contribution is -0.0380. The van der Waals surface area contributed by atoms with Gasteiger partial charge in [0.2, 0.25) is 0 Å². The van der Waals surface area contributed by atoms with E-state index in [9.17, 15) is 5.11 Å². The molecular formula is C13H28N2O2S. The van der Waals surface area contributed by atoms with Gasteiger partial charge in [-0.3, -0.25) is 4.90 Å². The minimum absolute atomic E-state index is 0.221. The van der Waals surface area contributed by atoms with Crippen molar-refractivity contribution in [2.75, 3.05) is 39.1 Å². The Morgan fingerprint density at radius 3 is 2.72 bits per heavy atom. The van der Waals surface area contributed by atoms with Crippen molar-refractivity contribution in [3.63, 3.8) is 0 Å². The van der Waals surface area contributed by atoms with Crippen LogP contribution in [0, 0.1) is 0 Å². The Hall–Kier alpha value is 0.190. The molecule has 0 aromatic carbocycles. The molecule has 0 saturated carbocycles. The summed E-state index contributed by atoms with van der Waals surface area (Å²) in [5.41, 5.74) is 0. The van der Waals surface area contributed by atoms with E-state index < -0.39 is 0 Å². The Balaban J connectivity index is 2.30. The number of aliphatic hydroxyl groups is 1. The van der Waals surface area contributed by atoms with Crippen LogP contribution in [0.4, 0.5) is 0 Å². The van der Waals surface area contributed by atoms with Crippen molar-refractivity contribution in [1.29, 1.82) is 0 Å². The Morgan fingerprint density at radius 1 is 1.44 bits per heavy atom. The number of ether oxygens (including phenoxy) is 1. The predicted octanol–water partition coefficient (Wildman–Crippen LogP) is 0.798. The summed E-state index contributed by atoms with van der Waals surface area (Å²) in [5, 5.41) is 13.0. The van der Waals surface area contributed by atoms with Crippen molar-refractivity contribution < 1.29 is 9.84 Å². The Labute approximate surface area is 115 Å². The minimum Gasteiger partial charge on any atom is -0.395 e. The molecular weight excluding hydrogens is 248 g/mol. The fourth-order valence-corrected chi connectivity index (χ4v) is 2.87. The smallest absolute Gasteiger partial charge is 0.0826 e. The summed E-state index contributed by atoms with van der Waals surface area (Å²) >= 11 is 1.71. The molecule has 1 heterocycles. The molecule has 0 radical (unpaired) electrons. The number of nitrogens with one attached hydrogen (secondary N) is 1. The molecule has 2 N–H and O–H groups in total. The molecule has 18 heavy (non-hydrogen) atoms. The summed E-state index contributed by atoms with van der Waals surface area (Å²) < 4.78 is 5.78. The zero-order chi connectivity index (χ0) is 13.5. The standard InChI is InChI=1S/C13H28N2O2S/c1-10(2)15-5-6-17-12(8-15)7-14-11(3)13(9-16)18-4/h10-14,16H,5-9H2,1-4H3. The van der Waals surface area contributed by atoms with Gasteiger partial charge in [0.15, 0.2) is 0 Å². The van der Waals surface area contributed by atoms with E-state index in [2.05, 4.69) is 31.0 Å². The molecule has 0 amide bonds. The fourth-order valence-electron chi connectivity index (χ4n) is 2.22. The SMILES string of the molecule is CSC(CO)C(C)NCC1CN(C(C)C)CCO1. The van der Waals surface area contributed by atoms with Gasteiger partial charge in [-0.2, -0.15) is 11.8 Å². The Morgan fingerprint density at radius 2 is 2.17 bits per heavy atom. The second kappa shape index (κ2) is 8.38. The van der Waals surface area contributed by atoms with Crippen LogP contribution in [-0.4, -0.2) is 72.5 Å². The predicted molar refractivity (Wildman–Crippen MR) is 78.3 cm³/mol. The van der Waals surface area contributed by atoms with Gasteiger partial charge in [0.05, 0.1) is 19.3 Å². The molecule has 3 atom stereocenters. The van der Waals surface area contributed by atoms with Crippen molar-refractivity contribution in [1.82, 2.24) is 10.2 Å². The van der Waals surface area contributed by atoms with Crippen LogP contribution in [0.1, 0.15) is 20.8 Å². The number of rotatable bonds is 7.